The predicted octanol–water partition coefficient (Wildman–Crippen LogP) is 4.29. The Morgan fingerprint density at radius 1 is 1.21 bits per heavy atom. The summed E-state index contributed by atoms with van der Waals surface area (Å²) in [5, 5.41) is 0. The molecule has 0 saturated heterocycles. The summed E-state index contributed by atoms with van der Waals surface area (Å²) in [6.07, 6.45) is 1.53. The van der Waals surface area contributed by atoms with Gasteiger partial charge in [0.2, 0.25) is 5.91 Å². The Morgan fingerprint density at radius 3 is 2.54 bits per heavy atom. The summed E-state index contributed by atoms with van der Waals surface area (Å²) in [4.78, 5) is 13.9. The first-order valence-electron chi connectivity index (χ1n) is 7.90. The lowest BCUT2D eigenvalue weighted by atomic mass is 10.1. The van der Waals surface area contributed by atoms with Crippen LogP contribution in [0.15, 0.2) is 54.6 Å². The molecule has 2 rings (SSSR count). The first-order chi connectivity index (χ1) is 11.5. The van der Waals surface area contributed by atoms with Crippen molar-refractivity contribution < 1.29 is 13.9 Å². The number of likely N-dealkylation sites (N-methyl/N-ethyl adjacent to an activating group) is 1. The molecule has 0 heterocycles. The zero-order valence-electron chi connectivity index (χ0n) is 14.3. The Kier molecular flexibility index (Phi) is 6.13. The van der Waals surface area contributed by atoms with E-state index in [9.17, 15) is 9.18 Å². The van der Waals surface area contributed by atoms with Crippen LogP contribution < -0.4 is 4.74 Å². The van der Waals surface area contributed by atoms with Crippen LogP contribution >= 0.6 is 0 Å². The van der Waals surface area contributed by atoms with Gasteiger partial charge in [-0.25, -0.2) is 4.39 Å². The number of carbonyl (C=O) groups is 1. The van der Waals surface area contributed by atoms with Crippen LogP contribution in [0.3, 0.4) is 0 Å². The molecular weight excluding hydrogens is 305 g/mol. The third kappa shape index (κ3) is 4.95. The molecule has 0 radical (unpaired) electrons. The van der Waals surface area contributed by atoms with Crippen LogP contribution in [0.25, 0.3) is 5.57 Å². The van der Waals surface area contributed by atoms with Crippen LogP contribution in [0, 0.1) is 5.82 Å². The normalized spacial score (nSPS) is 11.2. The quantitative estimate of drug-likeness (QED) is 0.741. The van der Waals surface area contributed by atoms with E-state index in [0.717, 1.165) is 16.9 Å². The molecule has 0 fully saturated rings. The van der Waals surface area contributed by atoms with Gasteiger partial charge in [-0.15, -0.1) is 0 Å². The number of benzene rings is 2. The lowest BCUT2D eigenvalue weighted by Crippen LogP contribution is -2.24. The predicted molar refractivity (Wildman–Crippen MR) is 94.1 cm³/mol. The van der Waals surface area contributed by atoms with Gasteiger partial charge in [0.15, 0.2) is 0 Å². The first-order valence-corrected chi connectivity index (χ1v) is 7.90. The van der Waals surface area contributed by atoms with Crippen molar-refractivity contribution in [2.75, 3.05) is 13.7 Å². The molecule has 0 unspecified atom stereocenters. The summed E-state index contributed by atoms with van der Waals surface area (Å²) in [5.41, 5.74) is 2.46. The molecule has 0 spiro atoms. The average molecular weight is 327 g/mol. The second-order valence-electron chi connectivity index (χ2n) is 5.61. The van der Waals surface area contributed by atoms with Gasteiger partial charge in [0.1, 0.15) is 11.6 Å². The average Bonchev–Trinajstić information content (AvgIpc) is 2.56. The first kappa shape index (κ1) is 17.7. The number of hydrogen-bond acceptors (Lipinski definition) is 2. The number of rotatable bonds is 6. The van der Waals surface area contributed by atoms with Crippen molar-refractivity contribution >= 4 is 11.5 Å². The van der Waals surface area contributed by atoms with Gasteiger partial charge in [0, 0.05) is 19.7 Å². The van der Waals surface area contributed by atoms with Crippen LogP contribution in [-0.4, -0.2) is 24.5 Å². The molecule has 0 atom stereocenters. The molecule has 3 nitrogen and oxygen atoms in total. The number of carbonyl (C=O) groups excluding carboxylic acids is 1. The van der Waals surface area contributed by atoms with Crippen molar-refractivity contribution in [3.05, 3.63) is 71.6 Å². The van der Waals surface area contributed by atoms with E-state index < -0.39 is 0 Å². The summed E-state index contributed by atoms with van der Waals surface area (Å²) in [6, 6.07) is 13.9. The number of amides is 1. The molecule has 0 saturated carbocycles. The molecule has 126 valence electrons. The molecule has 0 aromatic heterocycles. The van der Waals surface area contributed by atoms with Gasteiger partial charge in [-0.1, -0.05) is 24.3 Å². The van der Waals surface area contributed by atoms with E-state index in [0.29, 0.717) is 18.7 Å². The van der Waals surface area contributed by atoms with Crippen molar-refractivity contribution in [3.8, 4) is 5.75 Å². The van der Waals surface area contributed by atoms with E-state index in [2.05, 4.69) is 0 Å². The maximum absolute atomic E-state index is 13.3. The maximum atomic E-state index is 13.3. The second-order valence-corrected chi connectivity index (χ2v) is 5.61. The van der Waals surface area contributed by atoms with Gasteiger partial charge in [0.05, 0.1) is 6.61 Å². The highest BCUT2D eigenvalue weighted by atomic mass is 19.1. The summed E-state index contributed by atoms with van der Waals surface area (Å²) in [6.45, 7) is 4.87. The molecule has 0 N–H and O–H groups in total. The van der Waals surface area contributed by atoms with Gasteiger partial charge < -0.3 is 9.64 Å². The minimum atomic E-state index is -0.310. The molecule has 0 bridgehead atoms. The second kappa shape index (κ2) is 8.29. The van der Waals surface area contributed by atoms with Crippen LogP contribution in [0.5, 0.6) is 5.75 Å². The van der Waals surface area contributed by atoms with Gasteiger partial charge in [0.25, 0.3) is 0 Å². The molecule has 0 aliphatic rings. The van der Waals surface area contributed by atoms with E-state index >= 15 is 0 Å². The van der Waals surface area contributed by atoms with Crippen LogP contribution in [0.1, 0.15) is 25.0 Å². The molecule has 0 aliphatic heterocycles. The molecule has 0 aliphatic carbocycles. The zero-order valence-corrected chi connectivity index (χ0v) is 14.3. The minimum absolute atomic E-state index is 0.120. The minimum Gasteiger partial charge on any atom is -0.494 e. The third-order valence-corrected chi connectivity index (χ3v) is 3.65. The fourth-order valence-electron chi connectivity index (χ4n) is 2.32. The summed E-state index contributed by atoms with van der Waals surface area (Å²) < 4.78 is 18.7. The van der Waals surface area contributed by atoms with E-state index in [1.165, 1.54) is 18.2 Å². The standard InChI is InChI=1S/C20H22FNO2/c1-4-24-19-10-8-16(9-11-19)14-22(3)20(23)12-15(2)17-6-5-7-18(21)13-17/h5-13H,4,14H2,1-3H3/b15-12-. The number of halogens is 1. The molecule has 2 aromatic carbocycles. The van der Waals surface area contributed by atoms with Gasteiger partial charge in [-0.05, 0) is 54.8 Å². The van der Waals surface area contributed by atoms with E-state index in [1.807, 2.05) is 31.2 Å². The monoisotopic (exact) mass is 327 g/mol. The fraction of sp³-hybridized carbons (Fsp3) is 0.250. The SMILES string of the molecule is CCOc1ccc(CN(C)C(=O)/C=C(/C)c2cccc(F)c2)cc1. The lowest BCUT2D eigenvalue weighted by Gasteiger charge is -2.16. The number of ether oxygens (including phenoxy) is 1. The smallest absolute Gasteiger partial charge is 0.246 e. The number of nitrogens with zero attached hydrogens (tertiary/aromatic N) is 1. The van der Waals surface area contributed by atoms with Crippen LogP contribution in [0.2, 0.25) is 0 Å². The lowest BCUT2D eigenvalue weighted by molar-refractivity contribution is -0.125. The highest BCUT2D eigenvalue weighted by Crippen LogP contribution is 2.16. The van der Waals surface area contributed by atoms with Crippen molar-refractivity contribution in [2.45, 2.75) is 20.4 Å². The van der Waals surface area contributed by atoms with E-state index in [-0.39, 0.29) is 11.7 Å². The Bertz CT molecular complexity index is 723. The van der Waals surface area contributed by atoms with Gasteiger partial charge in [-0.3, -0.25) is 4.79 Å². The maximum Gasteiger partial charge on any atom is 0.246 e. The van der Waals surface area contributed by atoms with Crippen molar-refractivity contribution in [2.24, 2.45) is 0 Å². The highest BCUT2D eigenvalue weighted by Gasteiger charge is 2.08. The summed E-state index contributed by atoms with van der Waals surface area (Å²) in [7, 11) is 1.74. The molecular formula is C20H22FNO2. The van der Waals surface area contributed by atoms with E-state index in [4.69, 9.17) is 4.74 Å². The van der Waals surface area contributed by atoms with Crippen LogP contribution in [0.4, 0.5) is 4.39 Å². The third-order valence-electron chi connectivity index (χ3n) is 3.65. The topological polar surface area (TPSA) is 29.5 Å². The van der Waals surface area contributed by atoms with Crippen LogP contribution in [-0.2, 0) is 11.3 Å². The van der Waals surface area contributed by atoms with Gasteiger partial charge >= 0.3 is 0 Å². The summed E-state index contributed by atoms with van der Waals surface area (Å²) >= 11 is 0. The largest absolute Gasteiger partial charge is 0.494 e. The molecule has 24 heavy (non-hydrogen) atoms. The highest BCUT2D eigenvalue weighted by molar-refractivity contribution is 5.94. The number of hydrogen-bond donors (Lipinski definition) is 0. The molecule has 2 aromatic rings. The summed E-state index contributed by atoms with van der Waals surface area (Å²) in [5.74, 6) is 0.387. The molecule has 4 heteroatoms. The van der Waals surface area contributed by atoms with Crippen molar-refractivity contribution in [3.63, 3.8) is 0 Å². The Hall–Kier alpha value is -2.62. The Labute approximate surface area is 142 Å². The van der Waals surface area contributed by atoms with Crippen molar-refractivity contribution in [1.82, 2.24) is 4.90 Å². The molecule has 1 amide bonds. The Morgan fingerprint density at radius 2 is 1.92 bits per heavy atom. The van der Waals surface area contributed by atoms with Gasteiger partial charge in [-0.2, -0.15) is 0 Å². The fourth-order valence-corrected chi connectivity index (χ4v) is 2.32. The number of allylic oxidation sites excluding steroid dienone is 1. The van der Waals surface area contributed by atoms with E-state index in [1.54, 1.807) is 31.0 Å². The van der Waals surface area contributed by atoms with Crippen molar-refractivity contribution in [1.29, 1.82) is 0 Å². The zero-order chi connectivity index (χ0) is 17.5. The Balaban J connectivity index is 2.02.